The standard InChI is InChI=1S/C25H23BrClNO5/c1-12-21(25(31)33-3)22(15-8-17(26)24(30)20(11-15)32-2)23-18(28-12)9-14(10-19(23)29)13-4-6-16(27)7-5-13/h4-9,11,14,22-23,28,30H,10H2,1-3H3. The van der Waals surface area contributed by atoms with Crippen molar-refractivity contribution >= 4 is 39.3 Å². The molecule has 172 valence electrons. The van der Waals surface area contributed by atoms with Crippen LogP contribution in [-0.4, -0.2) is 31.1 Å². The second-order valence-electron chi connectivity index (χ2n) is 8.11. The first-order valence-corrected chi connectivity index (χ1v) is 11.5. The molecular formula is C25H23BrClNO5. The number of fused-ring (bicyclic) bond motifs is 1. The van der Waals surface area contributed by atoms with Crippen molar-refractivity contribution in [1.29, 1.82) is 0 Å². The van der Waals surface area contributed by atoms with E-state index in [4.69, 9.17) is 21.1 Å². The summed E-state index contributed by atoms with van der Waals surface area (Å²) in [5, 5.41) is 14.2. The average molecular weight is 533 g/mol. The highest BCUT2D eigenvalue weighted by Crippen LogP contribution is 2.48. The molecule has 2 aromatic rings. The number of allylic oxidation sites excluding steroid dienone is 3. The number of halogens is 2. The number of benzene rings is 2. The number of carbonyl (C=O) groups excluding carboxylic acids is 2. The van der Waals surface area contributed by atoms with Gasteiger partial charge < -0.3 is 19.9 Å². The number of nitrogens with one attached hydrogen (secondary N) is 1. The minimum Gasteiger partial charge on any atom is -0.503 e. The van der Waals surface area contributed by atoms with Crippen molar-refractivity contribution < 1.29 is 24.2 Å². The lowest BCUT2D eigenvalue weighted by Crippen LogP contribution is -2.41. The Balaban J connectivity index is 1.87. The van der Waals surface area contributed by atoms with Gasteiger partial charge in [0.05, 0.1) is 30.2 Å². The highest BCUT2D eigenvalue weighted by atomic mass is 79.9. The number of carbonyl (C=O) groups is 2. The summed E-state index contributed by atoms with van der Waals surface area (Å²) in [7, 11) is 2.77. The van der Waals surface area contributed by atoms with Gasteiger partial charge in [-0.3, -0.25) is 4.79 Å². The molecule has 2 aromatic carbocycles. The Bertz CT molecular complexity index is 1190. The predicted molar refractivity (Wildman–Crippen MR) is 128 cm³/mol. The third kappa shape index (κ3) is 4.27. The van der Waals surface area contributed by atoms with E-state index in [0.29, 0.717) is 26.3 Å². The van der Waals surface area contributed by atoms with Crippen LogP contribution < -0.4 is 10.1 Å². The number of methoxy groups -OCH3 is 2. The molecule has 4 rings (SSSR count). The van der Waals surface area contributed by atoms with Crippen LogP contribution in [0.2, 0.25) is 5.02 Å². The fraction of sp³-hybridized carbons (Fsp3) is 0.280. The first kappa shape index (κ1) is 23.4. The number of hydrogen-bond donors (Lipinski definition) is 2. The number of aromatic hydroxyl groups is 1. The van der Waals surface area contributed by atoms with Crippen molar-refractivity contribution in [2.75, 3.05) is 14.2 Å². The average Bonchev–Trinajstić information content (AvgIpc) is 2.79. The molecular weight excluding hydrogens is 510 g/mol. The third-order valence-corrected chi connectivity index (χ3v) is 7.05. The van der Waals surface area contributed by atoms with Gasteiger partial charge in [0.25, 0.3) is 0 Å². The van der Waals surface area contributed by atoms with E-state index in [-0.39, 0.29) is 29.6 Å². The number of ether oxygens (including phenoxy) is 2. The second kappa shape index (κ2) is 9.23. The number of phenols is 1. The minimum absolute atomic E-state index is 0.00187. The first-order chi connectivity index (χ1) is 15.7. The smallest absolute Gasteiger partial charge is 0.336 e. The van der Waals surface area contributed by atoms with Crippen LogP contribution in [0.5, 0.6) is 11.5 Å². The predicted octanol–water partition coefficient (Wildman–Crippen LogP) is 5.21. The summed E-state index contributed by atoms with van der Waals surface area (Å²) in [6.07, 6.45) is 2.34. The van der Waals surface area contributed by atoms with Crippen molar-refractivity contribution in [3.8, 4) is 11.5 Å². The second-order valence-corrected chi connectivity index (χ2v) is 9.41. The Morgan fingerprint density at radius 1 is 1.15 bits per heavy atom. The van der Waals surface area contributed by atoms with Crippen LogP contribution in [0.25, 0.3) is 0 Å². The summed E-state index contributed by atoms with van der Waals surface area (Å²) >= 11 is 9.38. The number of ketones is 1. The highest BCUT2D eigenvalue weighted by Gasteiger charge is 2.45. The van der Waals surface area contributed by atoms with Gasteiger partial charge in [0.15, 0.2) is 11.5 Å². The van der Waals surface area contributed by atoms with E-state index >= 15 is 0 Å². The summed E-state index contributed by atoms with van der Waals surface area (Å²) < 4.78 is 10.8. The Labute approximate surface area is 205 Å². The molecule has 1 aliphatic carbocycles. The zero-order valence-corrected chi connectivity index (χ0v) is 20.7. The van der Waals surface area contributed by atoms with Gasteiger partial charge >= 0.3 is 5.97 Å². The molecule has 0 fully saturated rings. The number of esters is 1. The molecule has 0 saturated heterocycles. The van der Waals surface area contributed by atoms with Crippen LogP contribution in [0.1, 0.15) is 36.3 Å². The van der Waals surface area contributed by atoms with E-state index in [9.17, 15) is 14.7 Å². The Morgan fingerprint density at radius 3 is 2.48 bits per heavy atom. The molecule has 0 saturated carbocycles. The van der Waals surface area contributed by atoms with E-state index in [0.717, 1.165) is 11.3 Å². The SMILES string of the molecule is COC(=O)C1=C(C)NC2=CC(c3ccc(Cl)cc3)CC(=O)C2C1c1cc(Br)c(O)c(OC)c1. The first-order valence-electron chi connectivity index (χ1n) is 10.4. The monoisotopic (exact) mass is 531 g/mol. The number of rotatable bonds is 4. The quantitative estimate of drug-likeness (QED) is 0.526. The van der Waals surface area contributed by atoms with Gasteiger partial charge in [-0.15, -0.1) is 0 Å². The lowest BCUT2D eigenvalue weighted by Gasteiger charge is -2.39. The maximum atomic E-state index is 13.6. The number of Topliss-reactive ketones (excluding diaryl/α,β-unsaturated/α-hetero) is 1. The maximum absolute atomic E-state index is 13.6. The summed E-state index contributed by atoms with van der Waals surface area (Å²) in [5.41, 5.74) is 3.38. The summed E-state index contributed by atoms with van der Waals surface area (Å²) in [5.74, 6) is -1.64. The van der Waals surface area contributed by atoms with Gasteiger partial charge in [0, 0.05) is 34.7 Å². The van der Waals surface area contributed by atoms with Crippen LogP contribution in [0.3, 0.4) is 0 Å². The van der Waals surface area contributed by atoms with Crippen molar-refractivity contribution in [2.24, 2.45) is 5.92 Å². The normalized spacial score (nSPS) is 22.3. The van der Waals surface area contributed by atoms with Gasteiger partial charge in [0.1, 0.15) is 5.78 Å². The molecule has 1 aliphatic heterocycles. The number of hydrogen-bond acceptors (Lipinski definition) is 6. The van der Waals surface area contributed by atoms with Crippen LogP contribution in [0.4, 0.5) is 0 Å². The van der Waals surface area contributed by atoms with Crippen LogP contribution >= 0.6 is 27.5 Å². The molecule has 3 atom stereocenters. The summed E-state index contributed by atoms with van der Waals surface area (Å²) in [6, 6.07) is 10.8. The van der Waals surface area contributed by atoms with Gasteiger partial charge in [-0.1, -0.05) is 29.8 Å². The molecule has 2 N–H and O–H groups in total. The van der Waals surface area contributed by atoms with Gasteiger partial charge in [-0.05, 0) is 58.2 Å². The maximum Gasteiger partial charge on any atom is 0.336 e. The van der Waals surface area contributed by atoms with Crippen LogP contribution in [0, 0.1) is 5.92 Å². The largest absolute Gasteiger partial charge is 0.503 e. The molecule has 3 unspecified atom stereocenters. The lowest BCUT2D eigenvalue weighted by atomic mass is 9.68. The topological polar surface area (TPSA) is 84.9 Å². The number of phenolic OH excluding ortho intramolecular Hbond substituents is 1. The zero-order valence-electron chi connectivity index (χ0n) is 18.3. The fourth-order valence-corrected chi connectivity index (χ4v) is 5.25. The van der Waals surface area contributed by atoms with Crippen molar-refractivity contribution in [3.05, 3.63) is 80.1 Å². The third-order valence-electron chi connectivity index (χ3n) is 6.20. The summed E-state index contributed by atoms with van der Waals surface area (Å²) in [6.45, 7) is 1.79. The molecule has 0 radical (unpaired) electrons. The van der Waals surface area contributed by atoms with E-state index in [1.54, 1.807) is 19.1 Å². The van der Waals surface area contributed by atoms with E-state index in [1.807, 2.05) is 30.3 Å². The molecule has 1 heterocycles. The highest BCUT2D eigenvalue weighted by molar-refractivity contribution is 9.10. The molecule has 0 bridgehead atoms. The van der Waals surface area contributed by atoms with Gasteiger partial charge in [0.2, 0.25) is 0 Å². The molecule has 0 spiro atoms. The van der Waals surface area contributed by atoms with Crippen LogP contribution in [-0.2, 0) is 14.3 Å². The molecule has 6 nitrogen and oxygen atoms in total. The molecule has 8 heteroatoms. The van der Waals surface area contributed by atoms with Crippen LogP contribution in [0.15, 0.2) is 63.9 Å². The Kier molecular flexibility index (Phi) is 6.54. The van der Waals surface area contributed by atoms with Gasteiger partial charge in [-0.25, -0.2) is 4.79 Å². The van der Waals surface area contributed by atoms with Crippen molar-refractivity contribution in [1.82, 2.24) is 5.32 Å². The fourth-order valence-electron chi connectivity index (χ4n) is 4.67. The lowest BCUT2D eigenvalue weighted by molar-refractivity contribution is -0.136. The van der Waals surface area contributed by atoms with Gasteiger partial charge in [-0.2, -0.15) is 0 Å². The Hall–Kier alpha value is -2.77. The zero-order chi connectivity index (χ0) is 23.9. The molecule has 0 aromatic heterocycles. The van der Waals surface area contributed by atoms with Crippen molar-refractivity contribution in [3.63, 3.8) is 0 Å². The minimum atomic E-state index is -0.604. The van der Waals surface area contributed by atoms with E-state index < -0.39 is 17.8 Å². The van der Waals surface area contributed by atoms with E-state index in [2.05, 4.69) is 21.2 Å². The molecule has 0 amide bonds. The Morgan fingerprint density at radius 2 is 1.85 bits per heavy atom. The summed E-state index contributed by atoms with van der Waals surface area (Å²) in [4.78, 5) is 26.4. The molecule has 2 aliphatic rings. The van der Waals surface area contributed by atoms with E-state index in [1.165, 1.54) is 14.2 Å². The molecule has 33 heavy (non-hydrogen) atoms. The van der Waals surface area contributed by atoms with Crippen molar-refractivity contribution in [2.45, 2.75) is 25.2 Å².